The average molecular weight is 398 g/mol. The van der Waals surface area contributed by atoms with Crippen LogP contribution >= 0.6 is 0 Å². The van der Waals surface area contributed by atoms with Gasteiger partial charge in [-0.2, -0.15) is 0 Å². The highest BCUT2D eigenvalue weighted by Crippen LogP contribution is 2.21. The molecule has 1 atom stereocenters. The molecular formula is C23H27FN2O3. The summed E-state index contributed by atoms with van der Waals surface area (Å²) in [7, 11) is 1.62. The van der Waals surface area contributed by atoms with Crippen molar-refractivity contribution in [2.24, 2.45) is 11.1 Å². The minimum Gasteiger partial charge on any atom is -0.497 e. The lowest BCUT2D eigenvalue weighted by Gasteiger charge is -2.26. The molecule has 0 bridgehead atoms. The van der Waals surface area contributed by atoms with E-state index in [9.17, 15) is 9.18 Å². The summed E-state index contributed by atoms with van der Waals surface area (Å²) in [6.07, 6.45) is 0.747. The second kappa shape index (κ2) is 9.54. The van der Waals surface area contributed by atoms with Gasteiger partial charge in [0.2, 0.25) is 5.91 Å². The summed E-state index contributed by atoms with van der Waals surface area (Å²) in [6, 6.07) is 14.0. The van der Waals surface area contributed by atoms with Gasteiger partial charge in [-0.05, 0) is 35.7 Å². The summed E-state index contributed by atoms with van der Waals surface area (Å²) in [6.45, 7) is 4.95. The molecular weight excluding hydrogens is 371 g/mol. The summed E-state index contributed by atoms with van der Waals surface area (Å²) in [5.41, 5.74) is 2.40. The maximum Gasteiger partial charge on any atom is 0.223 e. The molecule has 154 valence electrons. The fourth-order valence-electron chi connectivity index (χ4n) is 3.33. The maximum atomic E-state index is 13.5. The Kier molecular flexibility index (Phi) is 6.86. The van der Waals surface area contributed by atoms with Gasteiger partial charge in [0.15, 0.2) is 6.10 Å². The first-order valence-corrected chi connectivity index (χ1v) is 9.84. The third-order valence-corrected chi connectivity index (χ3v) is 4.76. The highest BCUT2D eigenvalue weighted by molar-refractivity contribution is 6.01. The van der Waals surface area contributed by atoms with Gasteiger partial charge in [0.1, 0.15) is 11.6 Å². The van der Waals surface area contributed by atoms with Crippen LogP contribution in [0.5, 0.6) is 5.75 Å². The van der Waals surface area contributed by atoms with E-state index in [2.05, 4.69) is 5.16 Å². The Morgan fingerprint density at radius 3 is 2.79 bits per heavy atom. The summed E-state index contributed by atoms with van der Waals surface area (Å²) < 4.78 is 18.8. The molecule has 2 aromatic carbocycles. The van der Waals surface area contributed by atoms with Gasteiger partial charge in [0.05, 0.1) is 19.4 Å². The first-order chi connectivity index (χ1) is 13.9. The molecule has 1 amide bonds. The number of carbonyl (C=O) groups is 1. The van der Waals surface area contributed by atoms with Crippen LogP contribution in [0.1, 0.15) is 37.8 Å². The molecule has 0 saturated carbocycles. The smallest absolute Gasteiger partial charge is 0.223 e. The fraction of sp³-hybridized carbons (Fsp3) is 0.391. The van der Waals surface area contributed by atoms with Crippen LogP contribution in [-0.2, 0) is 16.2 Å². The second-order valence-electron chi connectivity index (χ2n) is 7.70. The molecule has 3 rings (SSSR count). The third-order valence-electron chi connectivity index (χ3n) is 4.76. The normalized spacial score (nSPS) is 15.8. The highest BCUT2D eigenvalue weighted by atomic mass is 19.1. The Morgan fingerprint density at radius 2 is 2.07 bits per heavy atom. The molecule has 29 heavy (non-hydrogen) atoms. The zero-order valence-electron chi connectivity index (χ0n) is 17.1. The molecule has 1 heterocycles. The lowest BCUT2D eigenvalue weighted by atomic mass is 10.0. The van der Waals surface area contributed by atoms with Gasteiger partial charge in [-0.15, -0.1) is 0 Å². The SMILES string of the molecule is COc1cccc(CN(C[C@H]2CC(c3cccc(F)c3)=NO2)C(=O)CC(C)C)c1. The van der Waals surface area contributed by atoms with Crippen LogP contribution in [0, 0.1) is 11.7 Å². The maximum absolute atomic E-state index is 13.5. The van der Waals surface area contributed by atoms with Crippen LogP contribution in [0.4, 0.5) is 4.39 Å². The van der Waals surface area contributed by atoms with Gasteiger partial charge >= 0.3 is 0 Å². The number of rotatable bonds is 8. The summed E-state index contributed by atoms with van der Waals surface area (Å²) in [4.78, 5) is 20.2. The third kappa shape index (κ3) is 5.79. The Morgan fingerprint density at radius 1 is 1.28 bits per heavy atom. The average Bonchev–Trinajstić information content (AvgIpc) is 3.16. The van der Waals surface area contributed by atoms with Crippen LogP contribution in [0.25, 0.3) is 0 Å². The fourth-order valence-corrected chi connectivity index (χ4v) is 3.33. The predicted octanol–water partition coefficient (Wildman–Crippen LogP) is 4.40. The highest BCUT2D eigenvalue weighted by Gasteiger charge is 2.27. The number of benzene rings is 2. The van der Waals surface area contributed by atoms with Crippen molar-refractivity contribution in [1.82, 2.24) is 4.90 Å². The van der Waals surface area contributed by atoms with E-state index in [0.29, 0.717) is 37.2 Å². The van der Waals surface area contributed by atoms with Crippen LogP contribution in [0.15, 0.2) is 53.7 Å². The number of carbonyl (C=O) groups excluding carboxylic acids is 1. The van der Waals surface area contributed by atoms with Gasteiger partial charge in [-0.1, -0.05) is 43.3 Å². The molecule has 0 spiro atoms. The molecule has 6 heteroatoms. The van der Waals surface area contributed by atoms with Crippen LogP contribution in [0.3, 0.4) is 0 Å². The van der Waals surface area contributed by atoms with Gasteiger partial charge in [-0.3, -0.25) is 4.79 Å². The lowest BCUT2D eigenvalue weighted by molar-refractivity contribution is -0.134. The van der Waals surface area contributed by atoms with E-state index >= 15 is 0 Å². The number of nitrogens with zero attached hydrogens (tertiary/aromatic N) is 2. The number of amides is 1. The van der Waals surface area contributed by atoms with Crippen molar-refractivity contribution in [3.05, 3.63) is 65.5 Å². The largest absolute Gasteiger partial charge is 0.497 e. The van der Waals surface area contributed by atoms with E-state index in [1.165, 1.54) is 12.1 Å². The lowest BCUT2D eigenvalue weighted by Crippen LogP contribution is -2.37. The zero-order chi connectivity index (χ0) is 20.8. The molecule has 0 fully saturated rings. The topological polar surface area (TPSA) is 51.1 Å². The van der Waals surface area contributed by atoms with Crippen LogP contribution < -0.4 is 4.74 Å². The second-order valence-corrected chi connectivity index (χ2v) is 7.70. The molecule has 1 aliphatic heterocycles. The molecule has 0 saturated heterocycles. The standard InChI is InChI=1S/C23H27FN2O3/c1-16(2)10-23(27)26(14-17-6-4-9-20(11-17)28-3)15-21-13-22(25-29-21)18-7-5-8-19(24)12-18/h4-9,11-12,16,21H,10,13-15H2,1-3H3/t21-/m1/s1. The first kappa shape index (κ1) is 20.8. The summed E-state index contributed by atoms with van der Waals surface area (Å²) >= 11 is 0. The summed E-state index contributed by atoms with van der Waals surface area (Å²) in [5.74, 6) is 0.789. The van der Waals surface area contributed by atoms with Gasteiger partial charge in [0.25, 0.3) is 0 Å². The van der Waals surface area contributed by atoms with Gasteiger partial charge < -0.3 is 14.5 Å². The minimum atomic E-state index is -0.305. The molecule has 0 unspecified atom stereocenters. The predicted molar refractivity (Wildman–Crippen MR) is 110 cm³/mol. The van der Waals surface area contributed by atoms with Crippen molar-refractivity contribution < 1.29 is 18.8 Å². The Labute approximate surface area is 171 Å². The van der Waals surface area contributed by atoms with E-state index in [1.807, 2.05) is 49.1 Å². The van der Waals surface area contributed by atoms with Gasteiger partial charge in [-0.25, -0.2) is 4.39 Å². The number of ether oxygens (including phenoxy) is 1. The number of methoxy groups -OCH3 is 1. The van der Waals surface area contributed by atoms with Crippen LogP contribution in [0.2, 0.25) is 0 Å². The van der Waals surface area contributed by atoms with Crippen molar-refractivity contribution >= 4 is 11.6 Å². The van der Waals surface area contributed by atoms with Crippen molar-refractivity contribution in [1.29, 1.82) is 0 Å². The van der Waals surface area contributed by atoms with Crippen molar-refractivity contribution in [2.75, 3.05) is 13.7 Å². The van der Waals surface area contributed by atoms with Crippen molar-refractivity contribution in [3.63, 3.8) is 0 Å². The Balaban J connectivity index is 1.69. The molecule has 5 nitrogen and oxygen atoms in total. The molecule has 0 N–H and O–H groups in total. The molecule has 2 aromatic rings. The van der Waals surface area contributed by atoms with E-state index in [4.69, 9.17) is 9.57 Å². The van der Waals surface area contributed by atoms with Crippen molar-refractivity contribution in [3.8, 4) is 5.75 Å². The first-order valence-electron chi connectivity index (χ1n) is 9.84. The molecule has 0 aromatic heterocycles. The zero-order valence-corrected chi connectivity index (χ0v) is 17.1. The number of hydrogen-bond donors (Lipinski definition) is 0. The minimum absolute atomic E-state index is 0.0747. The Bertz CT molecular complexity index is 882. The number of hydrogen-bond acceptors (Lipinski definition) is 4. The number of oxime groups is 1. The van der Waals surface area contributed by atoms with Gasteiger partial charge in [0, 0.05) is 24.9 Å². The van der Waals surface area contributed by atoms with E-state index in [-0.39, 0.29) is 23.7 Å². The Hall–Kier alpha value is -2.89. The summed E-state index contributed by atoms with van der Waals surface area (Å²) in [5, 5.41) is 4.13. The molecule has 0 radical (unpaired) electrons. The number of halogens is 1. The quantitative estimate of drug-likeness (QED) is 0.662. The molecule has 1 aliphatic rings. The van der Waals surface area contributed by atoms with E-state index in [1.54, 1.807) is 13.2 Å². The molecule has 0 aliphatic carbocycles. The van der Waals surface area contributed by atoms with Crippen molar-refractivity contribution in [2.45, 2.75) is 39.3 Å². The van der Waals surface area contributed by atoms with E-state index in [0.717, 1.165) is 11.3 Å². The van der Waals surface area contributed by atoms with Crippen LogP contribution in [-0.4, -0.2) is 36.3 Å². The monoisotopic (exact) mass is 398 g/mol. The van der Waals surface area contributed by atoms with E-state index < -0.39 is 0 Å².